The molecule has 0 saturated heterocycles. The van der Waals surface area contributed by atoms with E-state index in [0.29, 0.717) is 19.1 Å². The maximum absolute atomic E-state index is 11.1. The number of hydrogen-bond donors (Lipinski definition) is 0. The molecule has 0 saturated carbocycles. The van der Waals surface area contributed by atoms with Gasteiger partial charge >= 0.3 is 5.97 Å². The molecule has 4 heteroatoms. The standard InChI is InChI=1S/C20H40O4/c1-4-19(3)24-18-14-9-7-6-8-12-16-22-17-13-10-11-15-20(21)23-5-2/h19H,4-18H2,1-3H3. The Bertz CT molecular complexity index is 268. The molecule has 24 heavy (non-hydrogen) atoms. The van der Waals surface area contributed by atoms with E-state index in [1.165, 1.54) is 32.1 Å². The van der Waals surface area contributed by atoms with Crippen LogP contribution in [-0.2, 0) is 19.0 Å². The highest BCUT2D eigenvalue weighted by atomic mass is 16.5. The average molecular weight is 345 g/mol. The second-order valence-electron chi connectivity index (χ2n) is 6.44. The van der Waals surface area contributed by atoms with Crippen molar-refractivity contribution in [1.82, 2.24) is 0 Å². The van der Waals surface area contributed by atoms with E-state index in [4.69, 9.17) is 14.2 Å². The summed E-state index contributed by atoms with van der Waals surface area (Å²) >= 11 is 0. The largest absolute Gasteiger partial charge is 0.466 e. The number of esters is 1. The Labute approximate surface area is 149 Å². The summed E-state index contributed by atoms with van der Waals surface area (Å²) in [4.78, 5) is 11.1. The SMILES string of the molecule is CCOC(=O)CCCCCOCCCCCCCCOC(C)CC. The maximum atomic E-state index is 11.1. The molecule has 144 valence electrons. The van der Waals surface area contributed by atoms with Crippen molar-refractivity contribution in [3.8, 4) is 0 Å². The van der Waals surface area contributed by atoms with Crippen molar-refractivity contribution in [3.63, 3.8) is 0 Å². The summed E-state index contributed by atoms with van der Waals surface area (Å²) in [5.41, 5.74) is 0. The maximum Gasteiger partial charge on any atom is 0.305 e. The van der Waals surface area contributed by atoms with E-state index < -0.39 is 0 Å². The summed E-state index contributed by atoms with van der Waals surface area (Å²) in [6, 6.07) is 0. The van der Waals surface area contributed by atoms with E-state index in [9.17, 15) is 4.79 Å². The highest BCUT2D eigenvalue weighted by Crippen LogP contribution is 2.07. The Balaban J connectivity index is 3.06. The number of rotatable bonds is 18. The summed E-state index contributed by atoms with van der Waals surface area (Å²) in [6.45, 7) is 9.22. The third-order valence-electron chi connectivity index (χ3n) is 4.14. The van der Waals surface area contributed by atoms with Crippen molar-refractivity contribution in [3.05, 3.63) is 0 Å². The summed E-state index contributed by atoms with van der Waals surface area (Å²) in [7, 11) is 0. The van der Waals surface area contributed by atoms with Gasteiger partial charge in [-0.2, -0.15) is 0 Å². The summed E-state index contributed by atoms with van der Waals surface area (Å²) in [5.74, 6) is -0.0788. The van der Waals surface area contributed by atoms with Crippen LogP contribution in [0.2, 0.25) is 0 Å². The van der Waals surface area contributed by atoms with Gasteiger partial charge < -0.3 is 14.2 Å². The van der Waals surface area contributed by atoms with Crippen LogP contribution in [0.1, 0.15) is 91.4 Å². The molecule has 0 radical (unpaired) electrons. The Morgan fingerprint density at radius 1 is 0.792 bits per heavy atom. The fourth-order valence-corrected chi connectivity index (χ4v) is 2.40. The third kappa shape index (κ3) is 17.7. The molecular formula is C20H40O4. The molecule has 0 aliphatic carbocycles. The van der Waals surface area contributed by atoms with Gasteiger partial charge in [-0.25, -0.2) is 0 Å². The van der Waals surface area contributed by atoms with Gasteiger partial charge in [0.15, 0.2) is 0 Å². The molecule has 0 bridgehead atoms. The fraction of sp³-hybridized carbons (Fsp3) is 0.950. The number of ether oxygens (including phenoxy) is 3. The second kappa shape index (κ2) is 18.7. The van der Waals surface area contributed by atoms with Crippen LogP contribution in [0.25, 0.3) is 0 Å². The van der Waals surface area contributed by atoms with Crippen molar-refractivity contribution in [2.45, 2.75) is 97.5 Å². The van der Waals surface area contributed by atoms with Crippen LogP contribution in [0.5, 0.6) is 0 Å². The lowest BCUT2D eigenvalue weighted by molar-refractivity contribution is -0.143. The first-order valence-electron chi connectivity index (χ1n) is 10.1. The van der Waals surface area contributed by atoms with Gasteiger partial charge in [-0.05, 0) is 46.0 Å². The van der Waals surface area contributed by atoms with Gasteiger partial charge in [-0.1, -0.05) is 39.0 Å². The molecule has 0 aromatic heterocycles. The molecule has 0 aliphatic heterocycles. The molecule has 0 rings (SSSR count). The minimum Gasteiger partial charge on any atom is -0.466 e. The van der Waals surface area contributed by atoms with Crippen LogP contribution in [-0.4, -0.2) is 38.5 Å². The van der Waals surface area contributed by atoms with Gasteiger partial charge in [0.1, 0.15) is 0 Å². The molecule has 1 unspecified atom stereocenters. The predicted octanol–water partition coefficient (Wildman–Crippen LogP) is 5.28. The first kappa shape index (κ1) is 23.4. The molecule has 0 amide bonds. The zero-order chi connectivity index (χ0) is 17.9. The van der Waals surface area contributed by atoms with Gasteiger partial charge in [-0.15, -0.1) is 0 Å². The van der Waals surface area contributed by atoms with Crippen molar-refractivity contribution in [1.29, 1.82) is 0 Å². The zero-order valence-electron chi connectivity index (χ0n) is 16.3. The molecule has 0 aliphatic rings. The number of unbranched alkanes of at least 4 members (excludes halogenated alkanes) is 7. The lowest BCUT2D eigenvalue weighted by Crippen LogP contribution is -2.07. The second-order valence-corrected chi connectivity index (χ2v) is 6.44. The Morgan fingerprint density at radius 2 is 1.33 bits per heavy atom. The predicted molar refractivity (Wildman–Crippen MR) is 99.3 cm³/mol. The summed E-state index contributed by atoms with van der Waals surface area (Å²) < 4.78 is 16.2. The van der Waals surface area contributed by atoms with Crippen molar-refractivity contribution in [2.24, 2.45) is 0 Å². The normalized spacial score (nSPS) is 12.3. The fourth-order valence-electron chi connectivity index (χ4n) is 2.40. The minimum atomic E-state index is -0.0788. The lowest BCUT2D eigenvalue weighted by Gasteiger charge is -2.09. The van der Waals surface area contributed by atoms with Gasteiger partial charge in [-0.3, -0.25) is 4.79 Å². The van der Waals surface area contributed by atoms with Crippen LogP contribution in [0.3, 0.4) is 0 Å². The van der Waals surface area contributed by atoms with E-state index in [2.05, 4.69) is 13.8 Å². The summed E-state index contributed by atoms with van der Waals surface area (Å²) in [6.07, 6.45) is 12.5. The molecule has 0 fully saturated rings. The van der Waals surface area contributed by atoms with E-state index in [1.54, 1.807) is 0 Å². The quantitative estimate of drug-likeness (QED) is 0.250. The van der Waals surface area contributed by atoms with Crippen LogP contribution >= 0.6 is 0 Å². The van der Waals surface area contributed by atoms with Crippen molar-refractivity contribution in [2.75, 3.05) is 26.4 Å². The Kier molecular flexibility index (Phi) is 18.2. The van der Waals surface area contributed by atoms with E-state index in [0.717, 1.165) is 51.9 Å². The van der Waals surface area contributed by atoms with Crippen molar-refractivity contribution < 1.29 is 19.0 Å². The highest BCUT2D eigenvalue weighted by Gasteiger charge is 2.00. The van der Waals surface area contributed by atoms with Crippen LogP contribution < -0.4 is 0 Å². The van der Waals surface area contributed by atoms with Crippen molar-refractivity contribution >= 4 is 5.97 Å². The molecule has 0 N–H and O–H groups in total. The summed E-state index contributed by atoms with van der Waals surface area (Å²) in [5, 5.41) is 0. The number of carbonyl (C=O) groups is 1. The zero-order valence-corrected chi connectivity index (χ0v) is 16.3. The first-order chi connectivity index (χ1) is 11.7. The minimum absolute atomic E-state index is 0.0788. The van der Waals surface area contributed by atoms with E-state index >= 15 is 0 Å². The Morgan fingerprint density at radius 3 is 1.92 bits per heavy atom. The molecule has 0 aromatic carbocycles. The first-order valence-corrected chi connectivity index (χ1v) is 10.1. The molecule has 4 nitrogen and oxygen atoms in total. The molecule has 1 atom stereocenters. The lowest BCUT2D eigenvalue weighted by atomic mass is 10.1. The third-order valence-corrected chi connectivity index (χ3v) is 4.14. The average Bonchev–Trinajstić information content (AvgIpc) is 2.58. The van der Waals surface area contributed by atoms with E-state index in [1.807, 2.05) is 6.92 Å². The molecule has 0 aromatic rings. The molecule has 0 spiro atoms. The Hall–Kier alpha value is -0.610. The number of hydrogen-bond acceptors (Lipinski definition) is 4. The molecule has 0 heterocycles. The van der Waals surface area contributed by atoms with Gasteiger partial charge in [0, 0.05) is 26.2 Å². The monoisotopic (exact) mass is 344 g/mol. The van der Waals surface area contributed by atoms with E-state index in [-0.39, 0.29) is 5.97 Å². The topological polar surface area (TPSA) is 44.8 Å². The van der Waals surface area contributed by atoms with Gasteiger partial charge in [0.2, 0.25) is 0 Å². The number of carbonyl (C=O) groups excluding carboxylic acids is 1. The molecular weight excluding hydrogens is 304 g/mol. The smallest absolute Gasteiger partial charge is 0.305 e. The van der Waals surface area contributed by atoms with Crippen LogP contribution in [0.15, 0.2) is 0 Å². The van der Waals surface area contributed by atoms with Gasteiger partial charge in [0.25, 0.3) is 0 Å². The van der Waals surface area contributed by atoms with Crippen LogP contribution in [0.4, 0.5) is 0 Å². The van der Waals surface area contributed by atoms with Gasteiger partial charge in [0.05, 0.1) is 12.7 Å². The highest BCUT2D eigenvalue weighted by molar-refractivity contribution is 5.69. The van der Waals surface area contributed by atoms with Crippen LogP contribution in [0, 0.1) is 0 Å².